The Morgan fingerprint density at radius 2 is 2.22 bits per heavy atom. The number of hydrogen-bond acceptors (Lipinski definition) is 3. The van der Waals surface area contributed by atoms with Gasteiger partial charge in [0.1, 0.15) is 11.6 Å². The molecule has 1 atom stereocenters. The van der Waals surface area contributed by atoms with Gasteiger partial charge in [-0.2, -0.15) is 5.10 Å². The van der Waals surface area contributed by atoms with Gasteiger partial charge in [0.15, 0.2) is 0 Å². The molecule has 124 valence electrons. The maximum absolute atomic E-state index is 13.9. The van der Waals surface area contributed by atoms with Crippen LogP contribution in [0.2, 0.25) is 0 Å². The van der Waals surface area contributed by atoms with Crippen molar-refractivity contribution in [3.63, 3.8) is 0 Å². The van der Waals surface area contributed by atoms with Crippen LogP contribution in [-0.2, 0) is 6.54 Å². The lowest BCUT2D eigenvalue weighted by atomic mass is 10.0. The first-order chi connectivity index (χ1) is 11.1. The van der Waals surface area contributed by atoms with Crippen molar-refractivity contribution in [2.24, 2.45) is 0 Å². The fourth-order valence-electron chi connectivity index (χ4n) is 3.15. The summed E-state index contributed by atoms with van der Waals surface area (Å²) in [7, 11) is 2.16. The minimum atomic E-state index is -0.581. The highest BCUT2D eigenvalue weighted by Crippen LogP contribution is 2.24. The van der Waals surface area contributed by atoms with Crippen LogP contribution >= 0.6 is 0 Å². The van der Waals surface area contributed by atoms with Crippen LogP contribution in [0.3, 0.4) is 0 Å². The fourth-order valence-corrected chi connectivity index (χ4v) is 3.15. The average molecular weight is 320 g/mol. The predicted molar refractivity (Wildman–Crippen MR) is 85.9 cm³/mol. The summed E-state index contributed by atoms with van der Waals surface area (Å²) >= 11 is 0. The van der Waals surface area contributed by atoms with E-state index in [4.69, 9.17) is 0 Å². The molecule has 23 heavy (non-hydrogen) atoms. The topological polar surface area (TPSA) is 44.0 Å². The number of H-pyrrole nitrogens is 1. The number of likely N-dealkylation sites (N-methyl/N-ethyl adjacent to an activating group) is 1. The van der Waals surface area contributed by atoms with Gasteiger partial charge >= 0.3 is 0 Å². The molecule has 1 unspecified atom stereocenters. The molecule has 0 bridgehead atoms. The minimum absolute atomic E-state index is 0.343. The van der Waals surface area contributed by atoms with Gasteiger partial charge in [0.05, 0.1) is 11.9 Å². The Morgan fingerprint density at radius 1 is 1.35 bits per heavy atom. The maximum Gasteiger partial charge on any atom is 0.135 e. The van der Waals surface area contributed by atoms with Crippen LogP contribution in [0.25, 0.3) is 11.3 Å². The van der Waals surface area contributed by atoms with E-state index >= 15 is 0 Å². The van der Waals surface area contributed by atoms with E-state index in [9.17, 15) is 8.78 Å². The van der Waals surface area contributed by atoms with Gasteiger partial charge in [-0.25, -0.2) is 8.78 Å². The van der Waals surface area contributed by atoms with Crippen LogP contribution < -0.4 is 5.32 Å². The number of benzene rings is 1. The third-order valence-corrected chi connectivity index (χ3v) is 4.54. The third kappa shape index (κ3) is 3.76. The van der Waals surface area contributed by atoms with Crippen molar-refractivity contribution >= 4 is 0 Å². The van der Waals surface area contributed by atoms with Gasteiger partial charge in [0.2, 0.25) is 0 Å². The van der Waals surface area contributed by atoms with Gasteiger partial charge < -0.3 is 10.2 Å². The molecule has 1 aliphatic heterocycles. The summed E-state index contributed by atoms with van der Waals surface area (Å²) in [5.74, 6) is -1.16. The standard InChI is InChI=1S/C17H22F2N4/c1-23-7-3-2-4-14(23)11-20-9-12-10-21-22-17(12)15-6-5-13(18)8-16(15)19/h5-6,8,10,14,20H,2-4,7,9,11H2,1H3,(H,21,22). The number of nitrogens with zero attached hydrogens (tertiary/aromatic N) is 2. The van der Waals surface area contributed by atoms with Gasteiger partial charge in [-0.05, 0) is 38.6 Å². The Bertz CT molecular complexity index is 656. The lowest BCUT2D eigenvalue weighted by Gasteiger charge is -2.32. The Morgan fingerprint density at radius 3 is 3.00 bits per heavy atom. The second-order valence-corrected chi connectivity index (χ2v) is 6.16. The summed E-state index contributed by atoms with van der Waals surface area (Å²) in [5.41, 5.74) is 1.83. The molecule has 3 rings (SSSR count). The first-order valence-electron chi connectivity index (χ1n) is 8.04. The summed E-state index contributed by atoms with van der Waals surface area (Å²) in [6.07, 6.45) is 5.43. The van der Waals surface area contributed by atoms with E-state index in [1.54, 1.807) is 6.20 Å². The summed E-state index contributed by atoms with van der Waals surface area (Å²) < 4.78 is 27.0. The Kier molecular flexibility index (Phi) is 5.03. The van der Waals surface area contributed by atoms with E-state index in [0.29, 0.717) is 23.8 Å². The normalized spacial score (nSPS) is 19.2. The number of aromatic nitrogens is 2. The molecule has 1 fully saturated rings. The largest absolute Gasteiger partial charge is 0.311 e. The maximum atomic E-state index is 13.9. The smallest absolute Gasteiger partial charge is 0.135 e. The average Bonchev–Trinajstić information content (AvgIpc) is 2.97. The highest BCUT2D eigenvalue weighted by Gasteiger charge is 2.19. The molecule has 0 spiro atoms. The van der Waals surface area contributed by atoms with Crippen LogP contribution in [0.15, 0.2) is 24.4 Å². The Labute approximate surface area is 134 Å². The van der Waals surface area contributed by atoms with Crippen molar-refractivity contribution in [2.45, 2.75) is 31.8 Å². The lowest BCUT2D eigenvalue weighted by molar-refractivity contribution is 0.181. The van der Waals surface area contributed by atoms with E-state index in [2.05, 4.69) is 27.5 Å². The summed E-state index contributed by atoms with van der Waals surface area (Å²) in [5, 5.41) is 10.3. The summed E-state index contributed by atoms with van der Waals surface area (Å²) in [4.78, 5) is 2.38. The van der Waals surface area contributed by atoms with E-state index in [1.807, 2.05) is 0 Å². The Hall–Kier alpha value is -1.79. The van der Waals surface area contributed by atoms with Crippen molar-refractivity contribution in [1.29, 1.82) is 0 Å². The second-order valence-electron chi connectivity index (χ2n) is 6.16. The molecule has 1 aliphatic rings. The van der Waals surface area contributed by atoms with E-state index in [1.165, 1.54) is 31.4 Å². The van der Waals surface area contributed by atoms with Crippen LogP contribution in [-0.4, -0.2) is 41.3 Å². The van der Waals surface area contributed by atoms with Crippen molar-refractivity contribution < 1.29 is 8.78 Å². The predicted octanol–water partition coefficient (Wildman–Crippen LogP) is 2.93. The molecule has 1 aromatic carbocycles. The number of nitrogens with one attached hydrogen (secondary N) is 2. The van der Waals surface area contributed by atoms with Crippen LogP contribution in [0.4, 0.5) is 8.78 Å². The number of aromatic amines is 1. The van der Waals surface area contributed by atoms with Crippen LogP contribution in [0.5, 0.6) is 0 Å². The van der Waals surface area contributed by atoms with Crippen molar-refractivity contribution in [1.82, 2.24) is 20.4 Å². The molecular formula is C17H22F2N4. The summed E-state index contributed by atoms with van der Waals surface area (Å²) in [6.45, 7) is 2.64. The zero-order chi connectivity index (χ0) is 16.2. The first-order valence-corrected chi connectivity index (χ1v) is 8.04. The molecule has 0 saturated carbocycles. The molecule has 2 aromatic rings. The number of piperidine rings is 1. The lowest BCUT2D eigenvalue weighted by Crippen LogP contribution is -2.42. The molecule has 4 nitrogen and oxygen atoms in total. The Balaban J connectivity index is 1.64. The molecule has 1 saturated heterocycles. The van der Waals surface area contributed by atoms with Crippen LogP contribution in [0, 0.1) is 11.6 Å². The summed E-state index contributed by atoms with van der Waals surface area (Å²) in [6, 6.07) is 4.13. The third-order valence-electron chi connectivity index (χ3n) is 4.54. The number of rotatable bonds is 5. The highest BCUT2D eigenvalue weighted by atomic mass is 19.1. The first kappa shape index (κ1) is 16.1. The van der Waals surface area contributed by atoms with Crippen molar-refractivity contribution in [2.75, 3.05) is 20.1 Å². The van der Waals surface area contributed by atoms with Gasteiger partial charge in [0.25, 0.3) is 0 Å². The fraction of sp³-hybridized carbons (Fsp3) is 0.471. The van der Waals surface area contributed by atoms with E-state index < -0.39 is 11.6 Å². The molecule has 6 heteroatoms. The molecule has 2 heterocycles. The number of hydrogen-bond donors (Lipinski definition) is 2. The number of likely N-dealkylation sites (tertiary alicyclic amines) is 1. The van der Waals surface area contributed by atoms with Gasteiger partial charge in [-0.15, -0.1) is 0 Å². The molecule has 2 N–H and O–H groups in total. The molecule has 0 amide bonds. The van der Waals surface area contributed by atoms with E-state index in [-0.39, 0.29) is 0 Å². The zero-order valence-corrected chi connectivity index (χ0v) is 13.3. The molecule has 1 aromatic heterocycles. The quantitative estimate of drug-likeness (QED) is 0.890. The second kappa shape index (κ2) is 7.19. The van der Waals surface area contributed by atoms with Crippen LogP contribution in [0.1, 0.15) is 24.8 Å². The van der Waals surface area contributed by atoms with Crippen molar-refractivity contribution in [3.8, 4) is 11.3 Å². The SMILES string of the molecule is CN1CCCCC1CNCc1cn[nH]c1-c1ccc(F)cc1F. The van der Waals surface area contributed by atoms with Gasteiger partial charge in [-0.1, -0.05) is 6.42 Å². The molecule has 0 aliphatic carbocycles. The highest BCUT2D eigenvalue weighted by molar-refractivity contribution is 5.63. The van der Waals surface area contributed by atoms with E-state index in [0.717, 1.165) is 24.7 Å². The van der Waals surface area contributed by atoms with Gasteiger partial charge in [-0.3, -0.25) is 5.10 Å². The monoisotopic (exact) mass is 320 g/mol. The minimum Gasteiger partial charge on any atom is -0.311 e. The number of halogens is 2. The van der Waals surface area contributed by atoms with Gasteiger partial charge in [0, 0.05) is 36.3 Å². The molecule has 0 radical (unpaired) electrons. The van der Waals surface area contributed by atoms with Crippen molar-refractivity contribution in [3.05, 3.63) is 41.6 Å². The molecular weight excluding hydrogens is 298 g/mol. The zero-order valence-electron chi connectivity index (χ0n) is 13.3.